The Hall–Kier alpha value is -0.261. The predicted molar refractivity (Wildman–Crippen MR) is 127 cm³/mol. The monoisotopic (exact) mass is 532 g/mol. The van der Waals surface area contributed by atoms with Crippen LogP contribution in [0.25, 0.3) is 0 Å². The van der Waals surface area contributed by atoms with Gasteiger partial charge in [-0.3, -0.25) is 0 Å². The fourth-order valence-electron chi connectivity index (χ4n) is 5.57. The van der Waals surface area contributed by atoms with Gasteiger partial charge in [0.05, 0.1) is 0 Å². The summed E-state index contributed by atoms with van der Waals surface area (Å²) in [5, 5.41) is 0. The molecule has 0 N–H and O–H groups in total. The van der Waals surface area contributed by atoms with Crippen LogP contribution in [0, 0.1) is 17.3 Å². The van der Waals surface area contributed by atoms with Gasteiger partial charge in [-0.2, -0.15) is 0 Å². The normalized spacial score (nSPS) is 20.9. The van der Waals surface area contributed by atoms with E-state index < -0.39 is 23.8 Å². The molecule has 30 heavy (non-hydrogen) atoms. The number of hydrogen-bond donors (Lipinski definition) is 0. The second kappa shape index (κ2) is 14.0. The van der Waals surface area contributed by atoms with Gasteiger partial charge in [0.1, 0.15) is 0 Å². The zero-order valence-corrected chi connectivity index (χ0v) is 23.5. The molecule has 1 fully saturated rings. The van der Waals surface area contributed by atoms with Crippen LogP contribution in [0.1, 0.15) is 92.9 Å². The summed E-state index contributed by atoms with van der Waals surface area (Å²) in [6, 6.07) is 0. The summed E-state index contributed by atoms with van der Waals surface area (Å²) in [7, 11) is 0. The SMILES string of the molecule is CCC[CH2][Sn]([CH2]CCC)([CH2]CCC)[CH2]C1CC(C(=O)OCC)(C(=O)OCC)CC1C. The molecular formula is C25H48O4Sn. The van der Waals surface area contributed by atoms with E-state index in [9.17, 15) is 9.59 Å². The first-order valence-electron chi connectivity index (χ1n) is 12.7. The van der Waals surface area contributed by atoms with Crippen molar-refractivity contribution in [3.8, 4) is 0 Å². The fourth-order valence-corrected chi connectivity index (χ4v) is 23.6. The Bertz CT molecular complexity index is 480. The van der Waals surface area contributed by atoms with Gasteiger partial charge < -0.3 is 0 Å². The van der Waals surface area contributed by atoms with E-state index in [1.807, 2.05) is 13.8 Å². The van der Waals surface area contributed by atoms with Crippen LogP contribution >= 0.6 is 0 Å². The van der Waals surface area contributed by atoms with Crippen molar-refractivity contribution >= 4 is 30.3 Å². The van der Waals surface area contributed by atoms with E-state index in [1.165, 1.54) is 56.3 Å². The van der Waals surface area contributed by atoms with E-state index >= 15 is 0 Å². The molecule has 1 saturated carbocycles. The molecule has 2 atom stereocenters. The first kappa shape index (κ1) is 27.8. The number of carbonyl (C=O) groups excluding carboxylic acids is 2. The van der Waals surface area contributed by atoms with Crippen molar-refractivity contribution in [1.29, 1.82) is 0 Å². The summed E-state index contributed by atoms with van der Waals surface area (Å²) in [6.07, 6.45) is 9.09. The molecule has 0 heterocycles. The Morgan fingerprint density at radius 1 is 0.800 bits per heavy atom. The second-order valence-electron chi connectivity index (χ2n) is 9.68. The van der Waals surface area contributed by atoms with Crippen molar-refractivity contribution in [3.63, 3.8) is 0 Å². The Morgan fingerprint density at radius 2 is 1.23 bits per heavy atom. The molecule has 0 radical (unpaired) electrons. The zero-order valence-electron chi connectivity index (χ0n) is 20.7. The first-order chi connectivity index (χ1) is 14.3. The van der Waals surface area contributed by atoms with Crippen LogP contribution in [0.4, 0.5) is 0 Å². The number of carbonyl (C=O) groups is 2. The van der Waals surface area contributed by atoms with Gasteiger partial charge >= 0.3 is 190 Å². The minimum atomic E-state index is -2.35. The van der Waals surface area contributed by atoms with Crippen LogP contribution in [0.15, 0.2) is 0 Å². The summed E-state index contributed by atoms with van der Waals surface area (Å²) in [4.78, 5) is 25.9. The first-order valence-corrected chi connectivity index (χ1v) is 20.8. The molecule has 1 aliphatic rings. The maximum absolute atomic E-state index is 13.0. The van der Waals surface area contributed by atoms with Gasteiger partial charge in [0.2, 0.25) is 0 Å². The zero-order chi connectivity index (χ0) is 22.6. The molecule has 2 unspecified atom stereocenters. The molecule has 0 aliphatic heterocycles. The topological polar surface area (TPSA) is 52.6 Å². The van der Waals surface area contributed by atoms with Gasteiger partial charge in [0.25, 0.3) is 0 Å². The minimum absolute atomic E-state index is 0.311. The Morgan fingerprint density at radius 3 is 1.60 bits per heavy atom. The molecule has 5 heteroatoms. The number of hydrogen-bond acceptors (Lipinski definition) is 4. The average Bonchev–Trinajstić information content (AvgIpc) is 3.06. The summed E-state index contributed by atoms with van der Waals surface area (Å²) < 4.78 is 16.5. The van der Waals surface area contributed by atoms with Gasteiger partial charge in [-0.1, -0.05) is 0 Å². The van der Waals surface area contributed by atoms with Crippen molar-refractivity contribution < 1.29 is 19.1 Å². The molecule has 0 amide bonds. The summed E-state index contributed by atoms with van der Waals surface area (Å²) in [5.74, 6) is 0.128. The van der Waals surface area contributed by atoms with Gasteiger partial charge in [0.15, 0.2) is 0 Å². The Balaban J connectivity index is 3.15. The molecule has 1 rings (SSSR count). The number of unbranched alkanes of at least 4 members (excludes halogenated alkanes) is 3. The van der Waals surface area contributed by atoms with Gasteiger partial charge in [-0.05, 0) is 0 Å². The van der Waals surface area contributed by atoms with E-state index in [0.717, 1.165) is 0 Å². The number of rotatable bonds is 15. The van der Waals surface area contributed by atoms with E-state index in [-0.39, 0.29) is 11.9 Å². The Kier molecular flexibility index (Phi) is 13.0. The Labute approximate surface area is 190 Å². The molecular weight excluding hydrogens is 483 g/mol. The standard InChI is InChI=1S/C13H21O4.3C4H9.Sn/c1-5-16-11(14)13(12(15)17-6-2)7-9(3)10(4)8-13;3*1-3-4-2;/h9-10H,3,5-8H2,1-2,4H3;3*1,3-4H2,2H3;. The number of esters is 2. The summed E-state index contributed by atoms with van der Waals surface area (Å²) >= 11 is -2.35. The third kappa shape index (κ3) is 7.41. The van der Waals surface area contributed by atoms with Crippen LogP contribution in [0.5, 0.6) is 0 Å². The van der Waals surface area contributed by atoms with Crippen LogP contribution in [-0.2, 0) is 19.1 Å². The van der Waals surface area contributed by atoms with Crippen LogP contribution < -0.4 is 0 Å². The maximum atomic E-state index is 13.0. The quantitative estimate of drug-likeness (QED) is 0.130. The van der Waals surface area contributed by atoms with Gasteiger partial charge in [-0.25, -0.2) is 0 Å². The van der Waals surface area contributed by atoms with E-state index in [2.05, 4.69) is 27.7 Å². The third-order valence-corrected chi connectivity index (χ3v) is 23.4. The van der Waals surface area contributed by atoms with Crippen LogP contribution in [0.3, 0.4) is 0 Å². The second-order valence-corrected chi connectivity index (χ2v) is 23.7. The molecule has 0 spiro atoms. The molecule has 176 valence electrons. The van der Waals surface area contributed by atoms with Crippen molar-refractivity contribution in [1.82, 2.24) is 0 Å². The summed E-state index contributed by atoms with van der Waals surface area (Å²) in [6.45, 7) is 13.4. The third-order valence-electron chi connectivity index (χ3n) is 7.30. The van der Waals surface area contributed by atoms with Crippen LogP contribution in [0.2, 0.25) is 17.7 Å². The van der Waals surface area contributed by atoms with Crippen molar-refractivity contribution in [3.05, 3.63) is 0 Å². The van der Waals surface area contributed by atoms with Crippen LogP contribution in [-0.4, -0.2) is 43.5 Å². The van der Waals surface area contributed by atoms with E-state index in [4.69, 9.17) is 9.47 Å². The molecule has 1 aliphatic carbocycles. The molecule has 0 aromatic rings. The van der Waals surface area contributed by atoms with Gasteiger partial charge in [-0.15, -0.1) is 0 Å². The van der Waals surface area contributed by atoms with Crippen molar-refractivity contribution in [2.45, 2.75) is 111 Å². The molecule has 0 aromatic carbocycles. The van der Waals surface area contributed by atoms with Crippen molar-refractivity contribution in [2.75, 3.05) is 13.2 Å². The predicted octanol–water partition coefficient (Wildman–Crippen LogP) is 6.99. The average molecular weight is 531 g/mol. The molecule has 0 saturated heterocycles. The number of ether oxygens (including phenoxy) is 2. The van der Waals surface area contributed by atoms with E-state index in [1.54, 1.807) is 0 Å². The van der Waals surface area contributed by atoms with E-state index in [0.29, 0.717) is 37.9 Å². The van der Waals surface area contributed by atoms with Gasteiger partial charge in [0, 0.05) is 0 Å². The molecule has 0 bridgehead atoms. The van der Waals surface area contributed by atoms with Crippen molar-refractivity contribution in [2.24, 2.45) is 17.3 Å². The summed E-state index contributed by atoms with van der Waals surface area (Å²) in [5.41, 5.74) is -1.08. The molecule has 0 aromatic heterocycles. The fraction of sp³-hybridized carbons (Fsp3) is 0.920. The molecule has 4 nitrogen and oxygen atoms in total.